The number of halogens is 4. The second-order valence-corrected chi connectivity index (χ2v) is 8.67. The molecule has 0 unspecified atom stereocenters. The molecule has 186 valence electrons. The van der Waals surface area contributed by atoms with Crippen LogP contribution >= 0.6 is 11.6 Å². The van der Waals surface area contributed by atoms with Crippen LogP contribution in [-0.4, -0.2) is 35.3 Å². The number of alkyl halides is 3. The van der Waals surface area contributed by atoms with Gasteiger partial charge in [0.1, 0.15) is 5.75 Å². The van der Waals surface area contributed by atoms with Gasteiger partial charge in [-0.1, -0.05) is 36.2 Å². The van der Waals surface area contributed by atoms with Crippen molar-refractivity contribution < 1.29 is 37.1 Å². The SMILES string of the molecule is CCCc1c(OCCCN2C(=O)Cc3cc(CC(=O)O)c(Cl)cc32)ccc2c(C(F)(F)F)noc12. The van der Waals surface area contributed by atoms with Crippen LogP contribution in [0.25, 0.3) is 11.0 Å². The third-order valence-electron chi connectivity index (χ3n) is 5.78. The average molecular weight is 511 g/mol. The van der Waals surface area contributed by atoms with Gasteiger partial charge in [0.05, 0.1) is 24.8 Å². The average Bonchev–Trinajstić information content (AvgIpc) is 3.33. The Labute approximate surface area is 203 Å². The summed E-state index contributed by atoms with van der Waals surface area (Å²) in [5.74, 6) is -0.720. The van der Waals surface area contributed by atoms with Crippen LogP contribution in [0.2, 0.25) is 5.02 Å². The number of carbonyl (C=O) groups is 2. The van der Waals surface area contributed by atoms with Gasteiger partial charge in [0.15, 0.2) is 11.3 Å². The Kier molecular flexibility index (Phi) is 6.93. The van der Waals surface area contributed by atoms with E-state index < -0.39 is 17.8 Å². The second kappa shape index (κ2) is 9.77. The Balaban J connectivity index is 1.45. The first-order chi connectivity index (χ1) is 16.6. The fraction of sp³-hybridized carbons (Fsp3) is 0.375. The molecule has 11 heteroatoms. The van der Waals surface area contributed by atoms with E-state index >= 15 is 0 Å². The quantitative estimate of drug-likeness (QED) is 0.385. The lowest BCUT2D eigenvalue weighted by Gasteiger charge is -2.19. The van der Waals surface area contributed by atoms with Crippen molar-refractivity contribution >= 4 is 40.1 Å². The van der Waals surface area contributed by atoms with E-state index in [2.05, 4.69) is 5.16 Å². The maximum atomic E-state index is 13.2. The minimum atomic E-state index is -4.62. The summed E-state index contributed by atoms with van der Waals surface area (Å²) in [6.45, 7) is 2.45. The normalized spacial score (nSPS) is 13.5. The molecule has 1 aliphatic heterocycles. The van der Waals surface area contributed by atoms with E-state index in [1.54, 1.807) is 17.0 Å². The molecule has 0 aliphatic carbocycles. The minimum absolute atomic E-state index is 0.0622. The van der Waals surface area contributed by atoms with Gasteiger partial charge in [-0.05, 0) is 42.2 Å². The van der Waals surface area contributed by atoms with Gasteiger partial charge in [0.25, 0.3) is 0 Å². The third-order valence-corrected chi connectivity index (χ3v) is 6.13. The van der Waals surface area contributed by atoms with Crippen molar-refractivity contribution in [2.45, 2.75) is 45.2 Å². The number of benzene rings is 2. The summed E-state index contributed by atoms with van der Waals surface area (Å²) >= 11 is 6.22. The number of hydrogen-bond acceptors (Lipinski definition) is 5. The third kappa shape index (κ3) is 5.07. The van der Waals surface area contributed by atoms with Crippen molar-refractivity contribution in [3.63, 3.8) is 0 Å². The molecule has 1 N–H and O–H groups in total. The highest BCUT2D eigenvalue weighted by Crippen LogP contribution is 2.38. The lowest BCUT2D eigenvalue weighted by Crippen LogP contribution is -2.28. The summed E-state index contributed by atoms with van der Waals surface area (Å²) in [5.41, 5.74) is 1.34. The molecule has 35 heavy (non-hydrogen) atoms. The van der Waals surface area contributed by atoms with Gasteiger partial charge < -0.3 is 19.3 Å². The standard InChI is InChI=1S/C24H22ClF3N2O5/c1-2-4-15-19(6-5-16-22(15)35-29-23(16)24(26,27)28)34-8-3-7-30-18-12-17(25)13(11-21(32)33)9-14(18)10-20(30)31/h5-6,9,12H,2-4,7-8,10-11H2,1H3,(H,32,33). The number of nitrogens with zero attached hydrogens (tertiary/aromatic N) is 2. The molecule has 4 rings (SSSR count). The highest BCUT2D eigenvalue weighted by atomic mass is 35.5. The minimum Gasteiger partial charge on any atom is -0.493 e. The predicted octanol–water partition coefficient (Wildman–Crippen LogP) is 5.44. The number of aromatic nitrogens is 1. The first kappa shape index (κ1) is 24.8. The van der Waals surface area contributed by atoms with Crippen molar-refractivity contribution in [1.29, 1.82) is 0 Å². The Hall–Kier alpha value is -3.27. The molecule has 3 aromatic rings. The van der Waals surface area contributed by atoms with Crippen LogP contribution in [0, 0.1) is 0 Å². The summed E-state index contributed by atoms with van der Waals surface area (Å²) in [4.78, 5) is 25.1. The number of carboxylic acid groups (broad SMARTS) is 1. The molecule has 0 bridgehead atoms. The summed E-state index contributed by atoms with van der Waals surface area (Å²) in [5, 5.41) is 12.4. The molecule has 2 heterocycles. The first-order valence-corrected chi connectivity index (χ1v) is 11.4. The highest BCUT2D eigenvalue weighted by Gasteiger charge is 2.37. The Morgan fingerprint density at radius 3 is 2.77 bits per heavy atom. The van der Waals surface area contributed by atoms with Gasteiger partial charge in [-0.25, -0.2) is 0 Å². The number of anilines is 1. The van der Waals surface area contributed by atoms with Crippen LogP contribution in [0.4, 0.5) is 18.9 Å². The smallest absolute Gasteiger partial charge is 0.437 e. The summed E-state index contributed by atoms with van der Waals surface area (Å²) in [6.07, 6.45) is -3.12. The molecular formula is C24H22ClF3N2O5. The summed E-state index contributed by atoms with van der Waals surface area (Å²) in [6, 6.07) is 6.04. The van der Waals surface area contributed by atoms with E-state index in [0.717, 1.165) is 5.56 Å². The van der Waals surface area contributed by atoms with Crippen molar-refractivity contribution in [3.05, 3.63) is 51.7 Å². The number of rotatable bonds is 9. The molecule has 0 fully saturated rings. The van der Waals surface area contributed by atoms with Crippen molar-refractivity contribution in [2.75, 3.05) is 18.1 Å². The molecule has 0 atom stereocenters. The predicted molar refractivity (Wildman–Crippen MR) is 122 cm³/mol. The maximum absolute atomic E-state index is 13.2. The molecule has 7 nitrogen and oxygen atoms in total. The zero-order valence-electron chi connectivity index (χ0n) is 18.7. The van der Waals surface area contributed by atoms with Crippen LogP contribution in [0.3, 0.4) is 0 Å². The van der Waals surface area contributed by atoms with Crippen LogP contribution in [0.15, 0.2) is 28.8 Å². The Morgan fingerprint density at radius 1 is 1.31 bits per heavy atom. The van der Waals surface area contributed by atoms with E-state index in [1.807, 2.05) is 6.92 Å². The first-order valence-electron chi connectivity index (χ1n) is 11.0. The van der Waals surface area contributed by atoms with Crippen molar-refractivity contribution in [2.24, 2.45) is 0 Å². The molecular weight excluding hydrogens is 489 g/mol. The van der Waals surface area contributed by atoms with E-state index in [0.29, 0.717) is 48.4 Å². The largest absolute Gasteiger partial charge is 0.493 e. The Bertz CT molecular complexity index is 1290. The second-order valence-electron chi connectivity index (χ2n) is 8.26. The molecule has 0 saturated carbocycles. The number of aliphatic carboxylic acids is 1. The number of hydrogen-bond donors (Lipinski definition) is 1. The lowest BCUT2D eigenvalue weighted by atomic mass is 10.0. The number of carboxylic acids is 1. The fourth-order valence-corrected chi connectivity index (χ4v) is 4.48. The maximum Gasteiger partial charge on any atom is 0.437 e. The number of aryl methyl sites for hydroxylation is 1. The highest BCUT2D eigenvalue weighted by molar-refractivity contribution is 6.32. The van der Waals surface area contributed by atoms with Crippen LogP contribution in [0.5, 0.6) is 5.75 Å². The van der Waals surface area contributed by atoms with E-state index in [-0.39, 0.29) is 41.3 Å². The van der Waals surface area contributed by atoms with E-state index in [4.69, 9.17) is 26.0 Å². The van der Waals surface area contributed by atoms with Crippen molar-refractivity contribution in [1.82, 2.24) is 5.16 Å². The monoisotopic (exact) mass is 510 g/mol. The van der Waals surface area contributed by atoms with E-state index in [1.165, 1.54) is 12.1 Å². The van der Waals surface area contributed by atoms with Crippen LogP contribution < -0.4 is 9.64 Å². The number of carbonyl (C=O) groups excluding carboxylic acids is 1. The van der Waals surface area contributed by atoms with Gasteiger partial charge in [-0.2, -0.15) is 13.2 Å². The lowest BCUT2D eigenvalue weighted by molar-refractivity contribution is -0.141. The number of ether oxygens (including phenoxy) is 1. The number of amides is 1. The van der Waals surface area contributed by atoms with Gasteiger partial charge in [0, 0.05) is 22.8 Å². The van der Waals surface area contributed by atoms with Crippen molar-refractivity contribution in [3.8, 4) is 5.75 Å². The van der Waals surface area contributed by atoms with Gasteiger partial charge in [0.2, 0.25) is 5.91 Å². The van der Waals surface area contributed by atoms with Gasteiger partial charge in [-0.3, -0.25) is 9.59 Å². The topological polar surface area (TPSA) is 92.9 Å². The Morgan fingerprint density at radius 2 is 2.09 bits per heavy atom. The fourth-order valence-electron chi connectivity index (χ4n) is 4.26. The molecule has 1 amide bonds. The zero-order chi connectivity index (χ0) is 25.3. The summed E-state index contributed by atoms with van der Waals surface area (Å²) < 4.78 is 50.5. The molecule has 0 radical (unpaired) electrons. The van der Waals surface area contributed by atoms with Gasteiger partial charge >= 0.3 is 12.1 Å². The van der Waals surface area contributed by atoms with Gasteiger partial charge in [-0.15, -0.1) is 0 Å². The molecule has 0 saturated heterocycles. The number of fused-ring (bicyclic) bond motifs is 2. The van der Waals surface area contributed by atoms with Crippen LogP contribution in [0.1, 0.15) is 42.1 Å². The molecule has 1 aliphatic rings. The molecule has 1 aromatic heterocycles. The molecule has 2 aromatic carbocycles. The molecule has 0 spiro atoms. The van der Waals surface area contributed by atoms with Crippen LogP contribution in [-0.2, 0) is 35.0 Å². The zero-order valence-corrected chi connectivity index (χ0v) is 19.5. The van der Waals surface area contributed by atoms with E-state index in [9.17, 15) is 22.8 Å². The summed E-state index contributed by atoms with van der Waals surface area (Å²) in [7, 11) is 0.